The zero-order chi connectivity index (χ0) is 21.9. The fraction of sp³-hybridized carbons (Fsp3) is 0.862. The Labute approximate surface area is 186 Å². The van der Waals surface area contributed by atoms with Crippen molar-refractivity contribution < 1.29 is 5.11 Å². The van der Waals surface area contributed by atoms with E-state index in [1.54, 1.807) is 5.57 Å². The van der Waals surface area contributed by atoms with Gasteiger partial charge in [0.15, 0.2) is 0 Å². The van der Waals surface area contributed by atoms with Gasteiger partial charge in [-0.15, -0.1) is 0 Å². The quantitative estimate of drug-likeness (QED) is 0.454. The van der Waals surface area contributed by atoms with Crippen LogP contribution in [0.2, 0.25) is 0 Å². The number of fused-ring (bicyclic) bond motifs is 5. The third kappa shape index (κ3) is 3.56. The third-order valence-electron chi connectivity index (χ3n) is 11.2. The topological polar surface area (TPSA) is 20.2 Å². The smallest absolute Gasteiger partial charge is 0.0577 e. The van der Waals surface area contributed by atoms with E-state index >= 15 is 0 Å². The molecule has 4 rings (SSSR count). The van der Waals surface area contributed by atoms with Gasteiger partial charge in [0.1, 0.15) is 0 Å². The lowest BCUT2D eigenvalue weighted by Crippen LogP contribution is -2.50. The van der Waals surface area contributed by atoms with Gasteiger partial charge in [0, 0.05) is 0 Å². The van der Waals surface area contributed by atoms with Crippen LogP contribution in [0.25, 0.3) is 0 Å². The monoisotopic (exact) mass is 412 g/mol. The minimum atomic E-state index is -0.0881. The van der Waals surface area contributed by atoms with Gasteiger partial charge in [-0.25, -0.2) is 0 Å². The van der Waals surface area contributed by atoms with E-state index in [0.29, 0.717) is 10.8 Å². The Balaban J connectivity index is 1.49. The van der Waals surface area contributed by atoms with Crippen LogP contribution in [0.1, 0.15) is 106 Å². The predicted octanol–water partition coefficient (Wildman–Crippen LogP) is 7.94. The second-order valence-electron chi connectivity index (χ2n) is 13.1. The molecule has 30 heavy (non-hydrogen) atoms. The van der Waals surface area contributed by atoms with Crippen molar-refractivity contribution in [2.24, 2.45) is 45.8 Å². The molecule has 0 bridgehead atoms. The summed E-state index contributed by atoms with van der Waals surface area (Å²) in [7, 11) is 0. The van der Waals surface area contributed by atoms with Gasteiger partial charge in [-0.2, -0.15) is 0 Å². The maximum Gasteiger partial charge on any atom is 0.0577 e. The molecule has 4 aliphatic carbocycles. The van der Waals surface area contributed by atoms with Crippen molar-refractivity contribution in [3.63, 3.8) is 0 Å². The molecule has 0 spiro atoms. The lowest BCUT2D eigenvalue weighted by atomic mass is 9.47. The standard InChI is InChI=1S/C29H48O/c1-19(2)27(4,5)15-12-20(3)24-10-11-25-23-9-8-21-18-22(30)13-16-28(21,6)26(23)14-17-29(24,25)7/h8,20,22-26,30H,1,9-18H2,2-7H3/t20-,22?,23+,24-,25+,26+,28+,29-/m1/s1. The normalized spacial score (nSPS) is 44.5. The Kier molecular flexibility index (Phi) is 5.87. The van der Waals surface area contributed by atoms with Gasteiger partial charge in [0.05, 0.1) is 6.10 Å². The van der Waals surface area contributed by atoms with E-state index in [1.807, 2.05) is 0 Å². The lowest BCUT2D eigenvalue weighted by molar-refractivity contribution is -0.0575. The molecule has 0 saturated heterocycles. The molecule has 0 amide bonds. The van der Waals surface area contributed by atoms with E-state index in [0.717, 1.165) is 42.4 Å². The summed E-state index contributed by atoms with van der Waals surface area (Å²) < 4.78 is 0. The maximum atomic E-state index is 10.2. The van der Waals surface area contributed by atoms with Crippen LogP contribution in [-0.2, 0) is 0 Å². The molecule has 1 N–H and O–H groups in total. The molecule has 0 heterocycles. The van der Waals surface area contributed by atoms with Crippen molar-refractivity contribution in [2.45, 2.75) is 112 Å². The van der Waals surface area contributed by atoms with Gasteiger partial charge in [0.25, 0.3) is 0 Å². The molecule has 1 unspecified atom stereocenters. The van der Waals surface area contributed by atoms with Gasteiger partial charge in [-0.05, 0) is 117 Å². The van der Waals surface area contributed by atoms with E-state index < -0.39 is 0 Å². The molecule has 1 nitrogen and oxygen atoms in total. The molecule has 4 aliphatic rings. The Hall–Kier alpha value is -0.560. The molecule has 170 valence electrons. The summed E-state index contributed by atoms with van der Waals surface area (Å²) in [6.45, 7) is 19.0. The maximum absolute atomic E-state index is 10.2. The number of rotatable bonds is 5. The van der Waals surface area contributed by atoms with Crippen LogP contribution >= 0.6 is 0 Å². The van der Waals surface area contributed by atoms with Crippen molar-refractivity contribution in [3.8, 4) is 0 Å². The fourth-order valence-corrected chi connectivity index (χ4v) is 8.62. The van der Waals surface area contributed by atoms with Gasteiger partial charge in [0.2, 0.25) is 0 Å². The van der Waals surface area contributed by atoms with E-state index in [4.69, 9.17) is 0 Å². The highest BCUT2D eigenvalue weighted by molar-refractivity contribution is 5.25. The highest BCUT2D eigenvalue weighted by atomic mass is 16.3. The first-order valence-electron chi connectivity index (χ1n) is 13.0. The summed E-state index contributed by atoms with van der Waals surface area (Å²) in [5.74, 6) is 4.39. The van der Waals surface area contributed by atoms with Crippen LogP contribution in [0.4, 0.5) is 0 Å². The summed E-state index contributed by atoms with van der Waals surface area (Å²) in [5.41, 5.74) is 4.13. The Morgan fingerprint density at radius 1 is 1.17 bits per heavy atom. The predicted molar refractivity (Wildman–Crippen MR) is 128 cm³/mol. The van der Waals surface area contributed by atoms with Crippen LogP contribution in [0, 0.1) is 45.8 Å². The molecule has 3 fully saturated rings. The largest absolute Gasteiger partial charge is 0.393 e. The SMILES string of the molecule is C=C(C)C(C)(C)CC[C@@H](C)[C@H]1CC[C@H]2[C@@H]3CC=C4CC(O)CC[C@]4(C)[C@H]3CC[C@]12C. The molecule has 0 aromatic carbocycles. The molecular formula is C29H48O. The average Bonchev–Trinajstić information content (AvgIpc) is 3.04. The summed E-state index contributed by atoms with van der Waals surface area (Å²) in [6.07, 6.45) is 15.3. The minimum Gasteiger partial charge on any atom is -0.393 e. The second-order valence-corrected chi connectivity index (χ2v) is 13.1. The highest BCUT2D eigenvalue weighted by Gasteiger charge is 2.59. The zero-order valence-electron chi connectivity index (χ0n) is 20.8. The van der Waals surface area contributed by atoms with E-state index in [-0.39, 0.29) is 11.5 Å². The number of hydrogen-bond donors (Lipinski definition) is 1. The lowest BCUT2D eigenvalue weighted by Gasteiger charge is -2.58. The molecule has 0 aliphatic heterocycles. The van der Waals surface area contributed by atoms with Gasteiger partial charge >= 0.3 is 0 Å². The molecular weight excluding hydrogens is 364 g/mol. The third-order valence-corrected chi connectivity index (χ3v) is 11.2. The average molecular weight is 413 g/mol. The Bertz CT molecular complexity index is 701. The van der Waals surface area contributed by atoms with E-state index in [1.165, 1.54) is 56.9 Å². The number of allylic oxidation sites excluding steroid dienone is 2. The van der Waals surface area contributed by atoms with Crippen molar-refractivity contribution in [1.82, 2.24) is 0 Å². The van der Waals surface area contributed by atoms with Crippen molar-refractivity contribution in [1.29, 1.82) is 0 Å². The molecule has 0 aromatic rings. The first kappa shape index (κ1) is 22.6. The van der Waals surface area contributed by atoms with Crippen LogP contribution in [-0.4, -0.2) is 11.2 Å². The zero-order valence-corrected chi connectivity index (χ0v) is 20.8. The van der Waals surface area contributed by atoms with Crippen LogP contribution in [0.15, 0.2) is 23.8 Å². The summed E-state index contributed by atoms with van der Waals surface area (Å²) >= 11 is 0. The minimum absolute atomic E-state index is 0.0881. The molecule has 1 heteroatoms. The van der Waals surface area contributed by atoms with Gasteiger partial charge in [-0.3, -0.25) is 0 Å². The van der Waals surface area contributed by atoms with Crippen molar-refractivity contribution >= 4 is 0 Å². The molecule has 8 atom stereocenters. The Morgan fingerprint density at radius 3 is 2.60 bits per heavy atom. The molecule has 0 aromatic heterocycles. The van der Waals surface area contributed by atoms with Crippen LogP contribution < -0.4 is 0 Å². The number of aliphatic hydroxyl groups is 1. The first-order valence-corrected chi connectivity index (χ1v) is 13.0. The number of hydrogen-bond acceptors (Lipinski definition) is 1. The second kappa shape index (κ2) is 7.79. The molecule has 3 saturated carbocycles. The van der Waals surface area contributed by atoms with Crippen molar-refractivity contribution in [2.75, 3.05) is 0 Å². The van der Waals surface area contributed by atoms with Crippen LogP contribution in [0.5, 0.6) is 0 Å². The summed E-state index contributed by atoms with van der Waals surface area (Å²) in [6, 6.07) is 0. The Morgan fingerprint density at radius 2 is 1.90 bits per heavy atom. The van der Waals surface area contributed by atoms with Crippen LogP contribution in [0.3, 0.4) is 0 Å². The first-order chi connectivity index (χ1) is 14.0. The fourth-order valence-electron chi connectivity index (χ4n) is 8.62. The highest BCUT2D eigenvalue weighted by Crippen LogP contribution is 2.67. The summed E-state index contributed by atoms with van der Waals surface area (Å²) in [4.78, 5) is 0. The van der Waals surface area contributed by atoms with E-state index in [9.17, 15) is 5.11 Å². The van der Waals surface area contributed by atoms with E-state index in [2.05, 4.69) is 54.2 Å². The molecule has 0 radical (unpaired) electrons. The van der Waals surface area contributed by atoms with Crippen molar-refractivity contribution in [3.05, 3.63) is 23.8 Å². The van der Waals surface area contributed by atoms with Gasteiger partial charge < -0.3 is 5.11 Å². The van der Waals surface area contributed by atoms with Gasteiger partial charge in [-0.1, -0.05) is 58.4 Å². The number of aliphatic hydroxyl groups excluding tert-OH is 1. The summed E-state index contributed by atoms with van der Waals surface area (Å²) in [5, 5.41) is 10.2.